The fraction of sp³-hybridized carbons (Fsp3) is 0.182. The van der Waals surface area contributed by atoms with Gasteiger partial charge in [0.15, 0.2) is 11.6 Å². The molecule has 19 heavy (non-hydrogen) atoms. The number of hydrogen-bond donors (Lipinski definition) is 2. The lowest BCUT2D eigenvalue weighted by atomic mass is 10.2. The largest absolute Gasteiger partial charge is 0.389 e. The van der Waals surface area contributed by atoms with E-state index in [1.54, 1.807) is 23.0 Å². The van der Waals surface area contributed by atoms with Gasteiger partial charge in [0, 0.05) is 12.6 Å². The predicted octanol–water partition coefficient (Wildman–Crippen LogP) is 1.96. The number of hydrogen-bond acceptors (Lipinski definition) is 4. The molecule has 1 aromatic heterocycles. The van der Waals surface area contributed by atoms with E-state index < -0.39 is 5.82 Å². The van der Waals surface area contributed by atoms with Gasteiger partial charge in [-0.3, -0.25) is 0 Å². The summed E-state index contributed by atoms with van der Waals surface area (Å²) in [5.41, 5.74) is 6.31. The molecule has 0 atom stereocenters. The molecule has 2 aromatic rings. The molecule has 0 saturated carbocycles. The molecule has 0 aliphatic rings. The molecule has 0 amide bonds. The molecular formula is C11H11BrFN5S. The first-order valence-electron chi connectivity index (χ1n) is 5.35. The summed E-state index contributed by atoms with van der Waals surface area (Å²) in [6.07, 6.45) is 1.58. The first kappa shape index (κ1) is 13.9. The van der Waals surface area contributed by atoms with Crippen molar-refractivity contribution in [3.05, 3.63) is 40.1 Å². The van der Waals surface area contributed by atoms with Crippen LogP contribution in [0.5, 0.6) is 0 Å². The Morgan fingerprint density at radius 2 is 2.32 bits per heavy atom. The molecule has 5 nitrogen and oxygen atoms in total. The lowest BCUT2D eigenvalue weighted by Gasteiger charge is -2.10. The molecule has 0 spiro atoms. The lowest BCUT2D eigenvalue weighted by molar-refractivity contribution is 0.622. The minimum absolute atomic E-state index is 0.144. The molecule has 100 valence electrons. The van der Waals surface area contributed by atoms with Gasteiger partial charge < -0.3 is 15.6 Å². The Bertz CT molecular complexity index is 628. The summed E-state index contributed by atoms with van der Waals surface area (Å²) < 4.78 is 16.1. The van der Waals surface area contributed by atoms with Gasteiger partial charge in [-0.1, -0.05) is 12.2 Å². The smallest absolute Gasteiger partial charge is 0.161 e. The number of aromatic nitrogens is 3. The third kappa shape index (κ3) is 2.90. The van der Waals surface area contributed by atoms with Crippen molar-refractivity contribution < 1.29 is 4.39 Å². The van der Waals surface area contributed by atoms with Gasteiger partial charge in [-0.2, -0.15) is 0 Å². The van der Waals surface area contributed by atoms with Crippen LogP contribution in [0.3, 0.4) is 0 Å². The number of aryl methyl sites for hydroxylation is 1. The Balaban J connectivity index is 2.20. The van der Waals surface area contributed by atoms with Crippen molar-refractivity contribution in [3.63, 3.8) is 0 Å². The van der Waals surface area contributed by atoms with Crippen molar-refractivity contribution >= 4 is 38.8 Å². The van der Waals surface area contributed by atoms with Crippen LogP contribution in [0.4, 0.5) is 10.1 Å². The van der Waals surface area contributed by atoms with E-state index in [9.17, 15) is 4.39 Å². The number of thiocarbonyl (C=S) groups is 1. The predicted molar refractivity (Wildman–Crippen MR) is 78.3 cm³/mol. The van der Waals surface area contributed by atoms with Crippen LogP contribution >= 0.6 is 28.1 Å². The average Bonchev–Trinajstić information content (AvgIpc) is 2.76. The molecule has 2 rings (SSSR count). The van der Waals surface area contributed by atoms with Crippen LogP contribution in [-0.4, -0.2) is 19.8 Å². The second-order valence-electron chi connectivity index (χ2n) is 3.86. The Morgan fingerprint density at radius 3 is 2.89 bits per heavy atom. The summed E-state index contributed by atoms with van der Waals surface area (Å²) in [6, 6.07) is 3.25. The number of benzene rings is 1. The van der Waals surface area contributed by atoms with Crippen LogP contribution in [0.15, 0.2) is 22.9 Å². The molecule has 1 heterocycles. The molecule has 0 aliphatic heterocycles. The number of nitrogens with two attached hydrogens (primary N) is 1. The number of rotatable bonds is 4. The average molecular weight is 344 g/mol. The van der Waals surface area contributed by atoms with Crippen LogP contribution in [0.1, 0.15) is 11.4 Å². The molecule has 1 aromatic carbocycles. The molecule has 0 radical (unpaired) electrons. The molecule has 0 bridgehead atoms. The van der Waals surface area contributed by atoms with E-state index in [1.807, 2.05) is 7.05 Å². The van der Waals surface area contributed by atoms with Gasteiger partial charge in [-0.25, -0.2) is 4.39 Å². The Labute approximate surface area is 123 Å². The van der Waals surface area contributed by atoms with E-state index in [0.29, 0.717) is 23.6 Å². The van der Waals surface area contributed by atoms with Gasteiger partial charge in [0.1, 0.15) is 11.3 Å². The quantitative estimate of drug-likeness (QED) is 0.830. The van der Waals surface area contributed by atoms with Crippen LogP contribution in [0.25, 0.3) is 0 Å². The van der Waals surface area contributed by atoms with Crippen molar-refractivity contribution in [2.45, 2.75) is 6.54 Å². The molecule has 0 aliphatic carbocycles. The highest BCUT2D eigenvalue weighted by Crippen LogP contribution is 2.27. The molecule has 0 unspecified atom stereocenters. The summed E-state index contributed by atoms with van der Waals surface area (Å²) in [5.74, 6) is 0.265. The zero-order valence-corrected chi connectivity index (χ0v) is 12.4. The van der Waals surface area contributed by atoms with Crippen LogP contribution in [0, 0.1) is 5.82 Å². The zero-order chi connectivity index (χ0) is 14.0. The van der Waals surface area contributed by atoms with Gasteiger partial charge >= 0.3 is 0 Å². The Hall–Kier alpha value is -1.54. The van der Waals surface area contributed by atoms with Crippen LogP contribution < -0.4 is 11.1 Å². The fourth-order valence-electron chi connectivity index (χ4n) is 1.52. The van der Waals surface area contributed by atoms with Gasteiger partial charge in [0.25, 0.3) is 0 Å². The number of anilines is 1. The standard InChI is InChI=1S/C11H11BrFN5S/c1-18-5-16-17-8(18)4-15-7-3-2-6(11(14)19)9(12)10(7)13/h2-3,5,15H,4H2,1H3,(H2,14,19). The minimum atomic E-state index is -0.438. The number of halogens is 2. The number of nitrogens with one attached hydrogen (secondary N) is 1. The Morgan fingerprint density at radius 1 is 1.58 bits per heavy atom. The summed E-state index contributed by atoms with van der Waals surface area (Å²) in [4.78, 5) is 0.144. The normalized spacial score (nSPS) is 10.5. The lowest BCUT2D eigenvalue weighted by Crippen LogP contribution is -2.12. The monoisotopic (exact) mass is 343 g/mol. The minimum Gasteiger partial charge on any atom is -0.389 e. The second kappa shape index (κ2) is 5.62. The van der Waals surface area contributed by atoms with Gasteiger partial charge in [0.2, 0.25) is 0 Å². The van der Waals surface area contributed by atoms with E-state index in [4.69, 9.17) is 18.0 Å². The van der Waals surface area contributed by atoms with E-state index in [0.717, 1.165) is 0 Å². The van der Waals surface area contributed by atoms with Gasteiger partial charge in [-0.05, 0) is 28.1 Å². The topological polar surface area (TPSA) is 68.8 Å². The van der Waals surface area contributed by atoms with E-state index in [-0.39, 0.29) is 9.46 Å². The van der Waals surface area contributed by atoms with Crippen molar-refractivity contribution in [3.8, 4) is 0 Å². The zero-order valence-electron chi connectivity index (χ0n) is 10.0. The molecular weight excluding hydrogens is 333 g/mol. The second-order valence-corrected chi connectivity index (χ2v) is 5.10. The fourth-order valence-corrected chi connectivity index (χ4v) is 2.38. The van der Waals surface area contributed by atoms with Crippen LogP contribution in [0.2, 0.25) is 0 Å². The highest BCUT2D eigenvalue weighted by molar-refractivity contribution is 9.10. The maximum atomic E-state index is 14.1. The third-order valence-electron chi connectivity index (χ3n) is 2.59. The van der Waals surface area contributed by atoms with Crippen molar-refractivity contribution in [1.29, 1.82) is 0 Å². The van der Waals surface area contributed by atoms with E-state index in [1.165, 1.54) is 0 Å². The summed E-state index contributed by atoms with van der Waals surface area (Å²) in [7, 11) is 1.82. The number of nitrogens with zero attached hydrogens (tertiary/aromatic N) is 3. The van der Waals surface area contributed by atoms with E-state index in [2.05, 4.69) is 31.4 Å². The summed E-state index contributed by atoms with van der Waals surface area (Å²) in [6.45, 7) is 0.367. The van der Waals surface area contributed by atoms with Gasteiger partial charge in [0.05, 0.1) is 16.7 Å². The highest BCUT2D eigenvalue weighted by Gasteiger charge is 2.13. The van der Waals surface area contributed by atoms with Crippen molar-refractivity contribution in [1.82, 2.24) is 14.8 Å². The van der Waals surface area contributed by atoms with Crippen molar-refractivity contribution in [2.24, 2.45) is 12.8 Å². The highest BCUT2D eigenvalue weighted by atomic mass is 79.9. The molecule has 3 N–H and O–H groups in total. The van der Waals surface area contributed by atoms with Gasteiger partial charge in [-0.15, -0.1) is 10.2 Å². The first-order chi connectivity index (χ1) is 9.00. The maximum absolute atomic E-state index is 14.1. The first-order valence-corrected chi connectivity index (χ1v) is 6.55. The van der Waals surface area contributed by atoms with E-state index >= 15 is 0 Å². The molecule has 0 saturated heterocycles. The maximum Gasteiger partial charge on any atom is 0.161 e. The Kier molecular flexibility index (Phi) is 4.11. The SMILES string of the molecule is Cn1cnnc1CNc1ccc(C(N)=S)c(Br)c1F. The molecule has 8 heteroatoms. The molecule has 0 fully saturated rings. The summed E-state index contributed by atoms with van der Waals surface area (Å²) in [5, 5.41) is 10.6. The third-order valence-corrected chi connectivity index (χ3v) is 3.59. The summed E-state index contributed by atoms with van der Waals surface area (Å²) >= 11 is 7.99. The van der Waals surface area contributed by atoms with Crippen molar-refractivity contribution in [2.75, 3.05) is 5.32 Å². The van der Waals surface area contributed by atoms with Crippen LogP contribution in [-0.2, 0) is 13.6 Å².